The van der Waals surface area contributed by atoms with Crippen molar-refractivity contribution in [2.24, 2.45) is 0 Å². The van der Waals surface area contributed by atoms with E-state index in [2.05, 4.69) is 5.10 Å². The van der Waals surface area contributed by atoms with Crippen LogP contribution in [0.1, 0.15) is 33.6 Å². The topological polar surface area (TPSA) is 114 Å². The van der Waals surface area contributed by atoms with E-state index in [9.17, 15) is 20.0 Å². The van der Waals surface area contributed by atoms with Crippen LogP contribution in [0.15, 0.2) is 18.3 Å². The predicted molar refractivity (Wildman–Crippen MR) is 113 cm³/mol. The number of aromatic nitrogens is 2. The van der Waals surface area contributed by atoms with E-state index in [1.54, 1.807) is 30.1 Å². The van der Waals surface area contributed by atoms with Gasteiger partial charge in [0.1, 0.15) is 5.69 Å². The highest BCUT2D eigenvalue weighted by Gasteiger charge is 2.36. The molecule has 0 saturated carbocycles. The van der Waals surface area contributed by atoms with Crippen molar-refractivity contribution in [3.05, 3.63) is 28.4 Å². The van der Waals surface area contributed by atoms with Crippen LogP contribution < -0.4 is 4.90 Å². The van der Waals surface area contributed by atoms with E-state index in [-0.39, 0.29) is 16.7 Å². The molecule has 0 bridgehead atoms. The molecule has 2 heterocycles. The summed E-state index contributed by atoms with van der Waals surface area (Å²) in [4.78, 5) is 26.6. The number of carboxylic acid groups (broad SMARTS) is 1. The highest BCUT2D eigenvalue weighted by atomic mass is 16.6. The number of hydrogen-bond donors (Lipinski definition) is 1. The van der Waals surface area contributed by atoms with Gasteiger partial charge in [0.25, 0.3) is 5.69 Å². The zero-order valence-electron chi connectivity index (χ0n) is 17.9. The normalized spacial score (nSPS) is 15.5. The van der Waals surface area contributed by atoms with E-state index >= 15 is 0 Å². The zero-order chi connectivity index (χ0) is 22.1. The lowest BCUT2D eigenvalue weighted by Gasteiger charge is -2.43. The first-order valence-corrected chi connectivity index (χ1v) is 10.0. The van der Waals surface area contributed by atoms with Crippen molar-refractivity contribution in [2.75, 3.05) is 31.7 Å². The van der Waals surface area contributed by atoms with Crippen LogP contribution in [0.5, 0.6) is 0 Å². The molecular formula is C20H29N5O5. The summed E-state index contributed by atoms with van der Waals surface area (Å²) in [5.41, 5.74) is 0.757. The number of piperidine rings is 1. The summed E-state index contributed by atoms with van der Waals surface area (Å²) in [6.45, 7) is 7.80. The SMILES string of the molecule is COCCn1cc2cc([N+](=O)[O-])c(N3CCC(N(C(=O)O)C(C)(C)C)CC3)cc2n1. The molecule has 10 nitrogen and oxygen atoms in total. The molecular weight excluding hydrogens is 390 g/mol. The van der Waals surface area contributed by atoms with E-state index in [0.717, 1.165) is 0 Å². The van der Waals surface area contributed by atoms with E-state index in [0.29, 0.717) is 55.7 Å². The smallest absolute Gasteiger partial charge is 0.407 e. The summed E-state index contributed by atoms with van der Waals surface area (Å²) in [5.74, 6) is 0. The standard InChI is InChI=1S/C20H29N5O5/c1-20(2,3)24(19(26)27)15-5-7-22(8-6-15)17-12-16-14(11-18(17)25(28)29)13-23(21-16)9-10-30-4/h11-13,15H,5-10H2,1-4H3,(H,26,27). The Morgan fingerprint density at radius 1 is 1.37 bits per heavy atom. The monoisotopic (exact) mass is 419 g/mol. The summed E-state index contributed by atoms with van der Waals surface area (Å²) in [6, 6.07) is 3.21. The number of nitro groups is 1. The number of rotatable bonds is 6. The Morgan fingerprint density at radius 2 is 2.03 bits per heavy atom. The van der Waals surface area contributed by atoms with Crippen molar-refractivity contribution in [1.82, 2.24) is 14.7 Å². The lowest BCUT2D eigenvalue weighted by Crippen LogP contribution is -2.54. The number of nitrogens with zero attached hydrogens (tertiary/aromatic N) is 5. The minimum atomic E-state index is -0.935. The first-order chi connectivity index (χ1) is 14.1. The molecule has 1 saturated heterocycles. The van der Waals surface area contributed by atoms with Crippen molar-refractivity contribution in [1.29, 1.82) is 0 Å². The minimum Gasteiger partial charge on any atom is -0.465 e. The predicted octanol–water partition coefficient (Wildman–Crippen LogP) is 3.34. The van der Waals surface area contributed by atoms with Crippen LogP contribution in [-0.2, 0) is 11.3 Å². The second-order valence-corrected chi connectivity index (χ2v) is 8.58. The Hall–Kier alpha value is -2.88. The second-order valence-electron chi connectivity index (χ2n) is 8.58. The molecule has 0 aliphatic carbocycles. The first kappa shape index (κ1) is 21.8. The maximum atomic E-state index is 11.8. The van der Waals surface area contributed by atoms with Crippen LogP contribution in [0, 0.1) is 10.1 Å². The van der Waals surface area contributed by atoms with Gasteiger partial charge in [-0.05, 0) is 39.7 Å². The molecule has 164 valence electrons. The third-order valence-electron chi connectivity index (χ3n) is 5.47. The maximum absolute atomic E-state index is 11.8. The van der Waals surface area contributed by atoms with Crippen LogP contribution in [0.25, 0.3) is 10.9 Å². The number of anilines is 1. The Kier molecular flexibility index (Phi) is 6.16. The fourth-order valence-electron chi connectivity index (χ4n) is 4.15. The molecule has 1 aromatic carbocycles. The van der Waals surface area contributed by atoms with Gasteiger partial charge >= 0.3 is 6.09 Å². The fraction of sp³-hybridized carbons (Fsp3) is 0.600. The van der Waals surface area contributed by atoms with Crippen molar-refractivity contribution < 1.29 is 19.6 Å². The number of carbonyl (C=O) groups is 1. The van der Waals surface area contributed by atoms with Crippen LogP contribution in [0.3, 0.4) is 0 Å². The molecule has 1 fully saturated rings. The quantitative estimate of drug-likeness (QED) is 0.564. The van der Waals surface area contributed by atoms with E-state index < -0.39 is 11.6 Å². The van der Waals surface area contributed by atoms with Gasteiger partial charge in [0, 0.05) is 49.4 Å². The Balaban J connectivity index is 1.85. The molecule has 1 aromatic heterocycles. The molecule has 1 N–H and O–H groups in total. The van der Waals surface area contributed by atoms with Gasteiger partial charge < -0.3 is 19.6 Å². The number of benzene rings is 1. The molecule has 0 atom stereocenters. The summed E-state index contributed by atoms with van der Waals surface area (Å²) < 4.78 is 6.79. The number of ether oxygens (including phenoxy) is 1. The van der Waals surface area contributed by atoms with Gasteiger partial charge in [-0.3, -0.25) is 14.8 Å². The Labute approximate surface area is 175 Å². The van der Waals surface area contributed by atoms with Crippen molar-refractivity contribution in [3.8, 4) is 0 Å². The Bertz CT molecular complexity index is 928. The molecule has 1 aliphatic heterocycles. The van der Waals surface area contributed by atoms with Crippen LogP contribution in [-0.4, -0.2) is 69.2 Å². The van der Waals surface area contributed by atoms with Gasteiger partial charge in [0.15, 0.2) is 0 Å². The number of amides is 1. The second kappa shape index (κ2) is 8.47. The van der Waals surface area contributed by atoms with Gasteiger partial charge in [-0.1, -0.05) is 0 Å². The molecule has 1 aliphatic rings. The third-order valence-corrected chi connectivity index (χ3v) is 5.47. The molecule has 30 heavy (non-hydrogen) atoms. The summed E-state index contributed by atoms with van der Waals surface area (Å²) >= 11 is 0. The molecule has 0 radical (unpaired) electrons. The molecule has 1 amide bonds. The van der Waals surface area contributed by atoms with Gasteiger partial charge in [-0.25, -0.2) is 4.79 Å². The lowest BCUT2D eigenvalue weighted by molar-refractivity contribution is -0.384. The van der Waals surface area contributed by atoms with Crippen molar-refractivity contribution in [2.45, 2.75) is 51.7 Å². The summed E-state index contributed by atoms with van der Waals surface area (Å²) in [5, 5.41) is 26.6. The van der Waals surface area contributed by atoms with E-state index in [1.807, 2.05) is 25.7 Å². The highest BCUT2D eigenvalue weighted by molar-refractivity contribution is 5.87. The van der Waals surface area contributed by atoms with E-state index in [4.69, 9.17) is 4.74 Å². The van der Waals surface area contributed by atoms with Gasteiger partial charge in [0.05, 0.1) is 23.6 Å². The molecule has 10 heteroatoms. The van der Waals surface area contributed by atoms with Crippen LogP contribution in [0.2, 0.25) is 0 Å². The zero-order valence-corrected chi connectivity index (χ0v) is 17.9. The number of nitro benzene ring substituents is 1. The van der Waals surface area contributed by atoms with Crippen LogP contribution in [0.4, 0.5) is 16.2 Å². The summed E-state index contributed by atoms with van der Waals surface area (Å²) in [6.07, 6.45) is 2.07. The average Bonchev–Trinajstić information content (AvgIpc) is 3.06. The minimum absolute atomic E-state index is 0.0400. The van der Waals surface area contributed by atoms with Crippen LogP contribution >= 0.6 is 0 Å². The van der Waals surface area contributed by atoms with E-state index in [1.165, 1.54) is 4.90 Å². The van der Waals surface area contributed by atoms with Crippen molar-refractivity contribution >= 4 is 28.4 Å². The van der Waals surface area contributed by atoms with Crippen molar-refractivity contribution in [3.63, 3.8) is 0 Å². The largest absolute Gasteiger partial charge is 0.465 e. The van der Waals surface area contributed by atoms with Gasteiger partial charge in [0.2, 0.25) is 0 Å². The number of hydrogen-bond acceptors (Lipinski definition) is 6. The lowest BCUT2D eigenvalue weighted by atomic mass is 9.96. The average molecular weight is 419 g/mol. The highest BCUT2D eigenvalue weighted by Crippen LogP contribution is 2.35. The number of fused-ring (bicyclic) bond motifs is 1. The summed E-state index contributed by atoms with van der Waals surface area (Å²) in [7, 11) is 1.61. The van der Waals surface area contributed by atoms with Gasteiger partial charge in [-0.15, -0.1) is 0 Å². The Morgan fingerprint density at radius 3 is 2.57 bits per heavy atom. The third kappa shape index (κ3) is 4.48. The molecule has 0 spiro atoms. The maximum Gasteiger partial charge on any atom is 0.407 e. The van der Waals surface area contributed by atoms with Gasteiger partial charge in [-0.2, -0.15) is 5.10 Å². The molecule has 2 aromatic rings. The molecule has 0 unspecified atom stereocenters. The fourth-order valence-corrected chi connectivity index (χ4v) is 4.15. The molecule has 3 rings (SSSR count). The number of methoxy groups -OCH3 is 1. The first-order valence-electron chi connectivity index (χ1n) is 10.0.